The van der Waals surface area contributed by atoms with Crippen LogP contribution in [-0.4, -0.2) is 41.5 Å². The van der Waals surface area contributed by atoms with Gasteiger partial charge in [0.05, 0.1) is 31.0 Å². The molecular weight excluding hydrogens is 516 g/mol. The minimum atomic E-state index is -0.957. The first-order valence-corrected chi connectivity index (χ1v) is 13.4. The maximum atomic E-state index is 13.5. The number of methoxy groups -OCH3 is 1. The summed E-state index contributed by atoms with van der Waals surface area (Å²) in [6, 6.07) is 11.7. The fourth-order valence-corrected chi connectivity index (χ4v) is 5.56. The number of aliphatic hydroxyl groups is 1. The van der Waals surface area contributed by atoms with Crippen molar-refractivity contribution < 1.29 is 29.0 Å². The van der Waals surface area contributed by atoms with Gasteiger partial charge in [0.1, 0.15) is 16.4 Å². The summed E-state index contributed by atoms with van der Waals surface area (Å²) in [5, 5.41) is 11.6. The molecule has 2 aromatic carbocycles. The van der Waals surface area contributed by atoms with Crippen molar-refractivity contribution in [3.8, 4) is 5.75 Å². The lowest BCUT2D eigenvalue weighted by atomic mass is 9.85. The van der Waals surface area contributed by atoms with Crippen LogP contribution in [0.25, 0.3) is 5.76 Å². The van der Waals surface area contributed by atoms with E-state index in [4.69, 9.17) is 9.47 Å². The van der Waals surface area contributed by atoms with Crippen LogP contribution in [0.3, 0.4) is 0 Å². The van der Waals surface area contributed by atoms with Gasteiger partial charge in [-0.15, -0.1) is 0 Å². The Morgan fingerprint density at radius 1 is 1.10 bits per heavy atom. The highest BCUT2D eigenvalue weighted by molar-refractivity contribution is 7.17. The lowest BCUT2D eigenvalue weighted by molar-refractivity contribution is -0.132. The molecule has 1 aliphatic rings. The number of thiazole rings is 1. The molecule has 1 aromatic heterocycles. The molecule has 1 amide bonds. The number of aryl methyl sites for hydroxylation is 2. The number of rotatable bonds is 6. The van der Waals surface area contributed by atoms with Gasteiger partial charge in [0.15, 0.2) is 5.13 Å². The molecule has 1 saturated heterocycles. The highest BCUT2D eigenvalue weighted by Crippen LogP contribution is 2.44. The smallest absolute Gasteiger partial charge is 0.350 e. The molecule has 0 aliphatic carbocycles. The number of nitrogens with zero attached hydrogens (tertiary/aromatic N) is 2. The first-order valence-electron chi connectivity index (χ1n) is 12.6. The molecule has 2 heterocycles. The van der Waals surface area contributed by atoms with Crippen LogP contribution in [0.2, 0.25) is 0 Å². The summed E-state index contributed by atoms with van der Waals surface area (Å²) >= 11 is 0.967. The van der Waals surface area contributed by atoms with Crippen molar-refractivity contribution in [1.82, 2.24) is 4.98 Å². The minimum absolute atomic E-state index is 0.0560. The molecule has 1 atom stereocenters. The van der Waals surface area contributed by atoms with Gasteiger partial charge in [0, 0.05) is 5.56 Å². The van der Waals surface area contributed by atoms with Crippen LogP contribution >= 0.6 is 11.3 Å². The van der Waals surface area contributed by atoms with E-state index < -0.39 is 23.7 Å². The Morgan fingerprint density at radius 3 is 2.33 bits per heavy atom. The van der Waals surface area contributed by atoms with Gasteiger partial charge in [-0.1, -0.05) is 56.4 Å². The Hall–Kier alpha value is -3.98. The standard InChI is InChI=1S/C30H32N2O6S/c1-8-38-21-14-11-19(15-16(21)2)24(33)22-23(18-9-12-20(13-10-18)30(4,5)6)32(27(35)25(22)34)29-31-17(3)26(39-29)28(36)37-7/h9-15,23,33H,8H2,1-7H3/t23-/m0/s1. The van der Waals surface area contributed by atoms with Gasteiger partial charge in [-0.05, 0) is 61.1 Å². The predicted octanol–water partition coefficient (Wildman–Crippen LogP) is 5.87. The van der Waals surface area contributed by atoms with Crippen molar-refractivity contribution in [1.29, 1.82) is 0 Å². The molecule has 204 valence electrons. The zero-order valence-corrected chi connectivity index (χ0v) is 23.9. The highest BCUT2D eigenvalue weighted by atomic mass is 32.1. The van der Waals surface area contributed by atoms with E-state index >= 15 is 0 Å². The van der Waals surface area contributed by atoms with Crippen molar-refractivity contribution in [2.24, 2.45) is 0 Å². The molecule has 1 aliphatic heterocycles. The van der Waals surface area contributed by atoms with Gasteiger partial charge in [-0.2, -0.15) is 0 Å². The van der Waals surface area contributed by atoms with Gasteiger partial charge in [-0.3, -0.25) is 14.5 Å². The number of aliphatic hydroxyl groups excluding tert-OH is 1. The number of Topliss-reactive ketones (excluding diaryl/α,β-unsaturated/α-hetero) is 1. The molecule has 8 nitrogen and oxygen atoms in total. The number of ketones is 1. The Morgan fingerprint density at radius 2 is 1.77 bits per heavy atom. The summed E-state index contributed by atoms with van der Waals surface area (Å²) in [7, 11) is 1.27. The molecule has 0 saturated carbocycles. The molecular formula is C30H32N2O6S. The van der Waals surface area contributed by atoms with Gasteiger partial charge in [0.2, 0.25) is 0 Å². The third-order valence-electron chi connectivity index (χ3n) is 6.65. The molecule has 0 radical (unpaired) electrons. The Bertz CT molecular complexity index is 1480. The second kappa shape index (κ2) is 10.6. The van der Waals surface area contributed by atoms with E-state index in [1.165, 1.54) is 12.0 Å². The molecule has 1 N–H and O–H groups in total. The number of amides is 1. The summed E-state index contributed by atoms with van der Waals surface area (Å²) < 4.78 is 10.5. The molecule has 4 rings (SSSR count). The average Bonchev–Trinajstić information content (AvgIpc) is 3.40. The maximum absolute atomic E-state index is 13.5. The summed E-state index contributed by atoms with van der Waals surface area (Å²) in [4.78, 5) is 45.2. The Kier molecular flexibility index (Phi) is 7.66. The molecule has 0 bridgehead atoms. The number of carbonyl (C=O) groups is 3. The SMILES string of the molecule is CCOc1ccc(C(O)=C2C(=O)C(=O)N(c3nc(C)c(C(=O)OC)s3)[C@H]2c2ccc(C(C)(C)C)cc2)cc1C. The highest BCUT2D eigenvalue weighted by Gasteiger charge is 2.48. The van der Waals surface area contributed by atoms with E-state index in [9.17, 15) is 19.5 Å². The van der Waals surface area contributed by atoms with E-state index in [-0.39, 0.29) is 26.8 Å². The molecule has 0 unspecified atom stereocenters. The maximum Gasteiger partial charge on any atom is 0.350 e. The van der Waals surface area contributed by atoms with E-state index in [0.29, 0.717) is 29.2 Å². The Labute approximate surface area is 231 Å². The normalized spacial score (nSPS) is 17.0. The van der Waals surface area contributed by atoms with Crippen LogP contribution < -0.4 is 9.64 Å². The van der Waals surface area contributed by atoms with Crippen molar-refractivity contribution in [3.63, 3.8) is 0 Å². The number of hydrogen-bond donors (Lipinski definition) is 1. The topological polar surface area (TPSA) is 106 Å². The van der Waals surface area contributed by atoms with Crippen LogP contribution in [0.15, 0.2) is 48.0 Å². The molecule has 9 heteroatoms. The quantitative estimate of drug-likeness (QED) is 0.178. The third kappa shape index (κ3) is 5.18. The van der Waals surface area contributed by atoms with Crippen molar-refractivity contribution in [3.05, 3.63) is 80.9 Å². The fraction of sp³-hybridized carbons (Fsp3) is 0.333. The summed E-state index contributed by atoms with van der Waals surface area (Å²) in [5.74, 6) is -1.89. The monoisotopic (exact) mass is 548 g/mol. The van der Waals surface area contributed by atoms with Crippen molar-refractivity contribution >= 4 is 39.9 Å². The van der Waals surface area contributed by atoms with Crippen molar-refractivity contribution in [2.45, 2.75) is 53.0 Å². The number of ether oxygens (including phenoxy) is 2. The van der Waals surface area contributed by atoms with Crippen LogP contribution in [0.1, 0.15) is 71.4 Å². The summed E-state index contributed by atoms with van der Waals surface area (Å²) in [6.45, 7) is 12.1. The molecule has 0 spiro atoms. The number of carbonyl (C=O) groups excluding carboxylic acids is 3. The second-order valence-corrected chi connectivity index (χ2v) is 11.3. The first kappa shape index (κ1) is 28.0. The number of esters is 1. The molecule has 1 fully saturated rings. The zero-order chi connectivity index (χ0) is 28.6. The lowest BCUT2D eigenvalue weighted by Gasteiger charge is -2.25. The van der Waals surface area contributed by atoms with Crippen LogP contribution in [0, 0.1) is 13.8 Å². The number of aromatic nitrogens is 1. The summed E-state index contributed by atoms with van der Waals surface area (Å²) in [6.07, 6.45) is 0. The Balaban J connectivity index is 1.92. The van der Waals surface area contributed by atoms with Gasteiger partial charge in [0.25, 0.3) is 5.78 Å². The van der Waals surface area contributed by atoms with Crippen LogP contribution in [-0.2, 0) is 19.7 Å². The fourth-order valence-electron chi connectivity index (χ4n) is 4.55. The largest absolute Gasteiger partial charge is 0.507 e. The zero-order valence-electron chi connectivity index (χ0n) is 23.1. The molecule has 3 aromatic rings. The molecule has 39 heavy (non-hydrogen) atoms. The summed E-state index contributed by atoms with van der Waals surface area (Å²) in [5.41, 5.74) is 3.08. The van der Waals surface area contributed by atoms with Crippen LogP contribution in [0.5, 0.6) is 5.75 Å². The number of hydrogen-bond acceptors (Lipinski definition) is 8. The lowest BCUT2D eigenvalue weighted by Crippen LogP contribution is -2.29. The van der Waals surface area contributed by atoms with Gasteiger partial charge >= 0.3 is 11.9 Å². The predicted molar refractivity (Wildman–Crippen MR) is 150 cm³/mol. The van der Waals surface area contributed by atoms with E-state index in [1.807, 2.05) is 38.1 Å². The van der Waals surface area contributed by atoms with Gasteiger partial charge < -0.3 is 14.6 Å². The van der Waals surface area contributed by atoms with E-state index in [1.54, 1.807) is 25.1 Å². The van der Waals surface area contributed by atoms with E-state index in [2.05, 4.69) is 25.8 Å². The van der Waals surface area contributed by atoms with E-state index in [0.717, 1.165) is 22.5 Å². The van der Waals surface area contributed by atoms with Crippen molar-refractivity contribution in [2.75, 3.05) is 18.6 Å². The van der Waals surface area contributed by atoms with Crippen LogP contribution in [0.4, 0.5) is 5.13 Å². The number of anilines is 1. The third-order valence-corrected chi connectivity index (χ3v) is 7.78. The minimum Gasteiger partial charge on any atom is -0.507 e. The second-order valence-electron chi connectivity index (χ2n) is 10.4. The van der Waals surface area contributed by atoms with Gasteiger partial charge in [-0.25, -0.2) is 9.78 Å². The first-order chi connectivity index (χ1) is 18.4. The average molecular weight is 549 g/mol. The number of benzene rings is 2.